The Kier molecular flexibility index (Phi) is 9.60. The van der Waals surface area contributed by atoms with E-state index in [1.165, 1.54) is 11.8 Å². The molecule has 1 aliphatic heterocycles. The van der Waals surface area contributed by atoms with Crippen molar-refractivity contribution >= 4 is 35.2 Å². The van der Waals surface area contributed by atoms with Gasteiger partial charge in [0, 0.05) is 19.9 Å². The van der Waals surface area contributed by atoms with Crippen LogP contribution < -0.4 is 10.6 Å². The molecule has 0 spiro atoms. The Labute approximate surface area is 239 Å². The summed E-state index contributed by atoms with van der Waals surface area (Å²) in [5, 5.41) is 5.61. The number of ether oxygens (including phenoxy) is 2. The molecule has 3 rings (SSSR count). The summed E-state index contributed by atoms with van der Waals surface area (Å²) < 4.78 is 10.8. The molecule has 0 aliphatic carbocycles. The number of likely N-dealkylation sites (tertiary alicyclic amines) is 1. The lowest BCUT2D eigenvalue weighted by molar-refractivity contribution is -0.147. The zero-order valence-corrected chi connectivity index (χ0v) is 25.3. The van der Waals surface area contributed by atoms with Crippen LogP contribution in [-0.2, 0) is 30.4 Å². The number of hydrogen-bond acceptors (Lipinski definition) is 8. The van der Waals surface area contributed by atoms with Gasteiger partial charge in [0.1, 0.15) is 23.8 Å². The Morgan fingerprint density at radius 2 is 1.75 bits per heavy atom. The van der Waals surface area contributed by atoms with Crippen LogP contribution in [0.1, 0.15) is 66.1 Å². The van der Waals surface area contributed by atoms with Crippen LogP contribution in [0.4, 0.5) is 4.79 Å². The number of esters is 1. The van der Waals surface area contributed by atoms with Gasteiger partial charge in [-0.15, -0.1) is 11.3 Å². The molecule has 0 bridgehead atoms. The highest BCUT2D eigenvalue weighted by molar-refractivity contribution is 7.13. The molecule has 2 aromatic rings. The van der Waals surface area contributed by atoms with Crippen LogP contribution in [-0.4, -0.2) is 64.1 Å². The number of nitrogens with one attached hydrogen (secondary N) is 2. The standard InChI is InChI=1S/C29H40N4O6S/c1-17-23(40-16-31-17)20-11-9-19(10-12-20)14-30-25(35)22-13-21(38-18(2)34)15-33(22)26(36)24(28(3,4)5)32-27(37)39-29(6,7)8/h9-12,16,21-22,24H,13-15H2,1-8H3,(H,30,35)(H,32,37)/t21-,22+,24-/m1/s1. The van der Waals surface area contributed by atoms with Crippen molar-refractivity contribution in [1.29, 1.82) is 0 Å². The van der Waals surface area contributed by atoms with Crippen LogP contribution >= 0.6 is 11.3 Å². The molecule has 1 aromatic heterocycles. The number of aromatic nitrogens is 1. The number of aryl methyl sites for hydroxylation is 1. The largest absolute Gasteiger partial charge is 0.461 e. The lowest BCUT2D eigenvalue weighted by Gasteiger charge is -2.35. The van der Waals surface area contributed by atoms with E-state index < -0.39 is 47.2 Å². The number of carbonyl (C=O) groups is 4. The summed E-state index contributed by atoms with van der Waals surface area (Å²) in [6.45, 7) is 14.2. The van der Waals surface area contributed by atoms with E-state index in [4.69, 9.17) is 9.47 Å². The number of rotatable bonds is 7. The van der Waals surface area contributed by atoms with Crippen LogP contribution in [0.15, 0.2) is 29.8 Å². The average molecular weight is 573 g/mol. The molecule has 2 heterocycles. The zero-order valence-electron chi connectivity index (χ0n) is 24.5. The molecule has 1 fully saturated rings. The second kappa shape index (κ2) is 12.4. The first-order valence-corrected chi connectivity index (χ1v) is 14.2. The van der Waals surface area contributed by atoms with Gasteiger partial charge >= 0.3 is 12.1 Å². The fourth-order valence-electron chi connectivity index (χ4n) is 4.51. The van der Waals surface area contributed by atoms with E-state index in [1.54, 1.807) is 32.1 Å². The Balaban J connectivity index is 1.75. The molecular formula is C29H40N4O6S. The monoisotopic (exact) mass is 572 g/mol. The first-order valence-electron chi connectivity index (χ1n) is 13.3. The highest BCUT2D eigenvalue weighted by Gasteiger charge is 2.46. The Bertz CT molecular complexity index is 1230. The van der Waals surface area contributed by atoms with Gasteiger partial charge in [-0.05, 0) is 44.2 Å². The molecule has 1 aromatic carbocycles. The first kappa shape index (κ1) is 31.1. The summed E-state index contributed by atoms with van der Waals surface area (Å²) in [7, 11) is 0. The van der Waals surface area contributed by atoms with Gasteiger partial charge in [-0.3, -0.25) is 14.4 Å². The van der Waals surface area contributed by atoms with Gasteiger partial charge in [-0.25, -0.2) is 9.78 Å². The molecule has 40 heavy (non-hydrogen) atoms. The minimum Gasteiger partial charge on any atom is -0.461 e. The number of alkyl carbamates (subject to hydrolysis) is 1. The molecule has 3 atom stereocenters. The lowest BCUT2D eigenvalue weighted by Crippen LogP contribution is -2.58. The minimum atomic E-state index is -0.975. The number of thiazole rings is 1. The molecule has 2 N–H and O–H groups in total. The molecule has 1 aliphatic rings. The maximum atomic E-state index is 13.8. The van der Waals surface area contributed by atoms with Gasteiger partial charge in [0.25, 0.3) is 0 Å². The Hall–Kier alpha value is -3.47. The van der Waals surface area contributed by atoms with Gasteiger partial charge in [-0.2, -0.15) is 0 Å². The summed E-state index contributed by atoms with van der Waals surface area (Å²) in [5.41, 5.74) is 3.29. The van der Waals surface area contributed by atoms with Crippen LogP contribution in [0.3, 0.4) is 0 Å². The van der Waals surface area contributed by atoms with Crippen LogP contribution in [0.5, 0.6) is 0 Å². The summed E-state index contributed by atoms with van der Waals surface area (Å²) in [5.74, 6) is -1.30. The summed E-state index contributed by atoms with van der Waals surface area (Å²) in [4.78, 5) is 58.2. The molecule has 0 unspecified atom stereocenters. The molecule has 0 saturated carbocycles. The van der Waals surface area contributed by atoms with Gasteiger partial charge < -0.3 is 25.0 Å². The molecule has 10 nitrogen and oxygen atoms in total. The van der Waals surface area contributed by atoms with Crippen LogP contribution in [0, 0.1) is 12.3 Å². The SMILES string of the molecule is CC(=O)O[C@@H]1C[C@@H](C(=O)NCc2ccc(-c3scnc3C)cc2)N(C(=O)[C@@H](NC(=O)OC(C)(C)C)C(C)(C)C)C1. The predicted octanol–water partition coefficient (Wildman–Crippen LogP) is 4.21. The first-order chi connectivity index (χ1) is 18.5. The maximum absolute atomic E-state index is 13.8. The second-order valence-electron chi connectivity index (χ2n) is 12.1. The fraction of sp³-hybridized carbons (Fsp3) is 0.552. The Morgan fingerprint density at radius 1 is 1.10 bits per heavy atom. The zero-order chi connectivity index (χ0) is 29.8. The van der Waals surface area contributed by atoms with Crippen molar-refractivity contribution in [1.82, 2.24) is 20.5 Å². The highest BCUT2D eigenvalue weighted by atomic mass is 32.1. The van der Waals surface area contributed by atoms with E-state index in [2.05, 4.69) is 15.6 Å². The van der Waals surface area contributed by atoms with Crippen molar-refractivity contribution in [2.45, 2.75) is 92.1 Å². The maximum Gasteiger partial charge on any atom is 0.408 e. The summed E-state index contributed by atoms with van der Waals surface area (Å²) in [6.07, 6.45) is -1.21. The molecular weight excluding hydrogens is 532 g/mol. The summed E-state index contributed by atoms with van der Waals surface area (Å²) in [6, 6.07) is 6.00. The predicted molar refractivity (Wildman–Crippen MR) is 152 cm³/mol. The number of benzene rings is 1. The second-order valence-corrected chi connectivity index (χ2v) is 13.0. The third kappa shape index (κ3) is 8.27. The van der Waals surface area contributed by atoms with Crippen LogP contribution in [0.25, 0.3) is 10.4 Å². The third-order valence-corrected chi connectivity index (χ3v) is 7.36. The van der Waals surface area contributed by atoms with E-state index in [0.717, 1.165) is 21.7 Å². The van der Waals surface area contributed by atoms with E-state index in [0.29, 0.717) is 0 Å². The van der Waals surface area contributed by atoms with Gasteiger partial charge in [0.15, 0.2) is 0 Å². The number of carbonyl (C=O) groups excluding carboxylic acids is 4. The van der Waals surface area contributed by atoms with Crippen molar-refractivity contribution in [3.63, 3.8) is 0 Å². The Morgan fingerprint density at radius 3 is 2.27 bits per heavy atom. The van der Waals surface area contributed by atoms with Gasteiger partial charge in [0.2, 0.25) is 11.8 Å². The number of hydrogen-bond donors (Lipinski definition) is 2. The topological polar surface area (TPSA) is 127 Å². The average Bonchev–Trinajstić information content (AvgIpc) is 3.45. The normalized spacial score (nSPS) is 18.1. The smallest absolute Gasteiger partial charge is 0.408 e. The minimum absolute atomic E-state index is 0.0436. The molecule has 3 amide bonds. The van der Waals surface area contributed by atoms with E-state index in [-0.39, 0.29) is 25.4 Å². The summed E-state index contributed by atoms with van der Waals surface area (Å²) >= 11 is 1.57. The van der Waals surface area contributed by atoms with Gasteiger partial charge in [-0.1, -0.05) is 45.0 Å². The lowest BCUT2D eigenvalue weighted by atomic mass is 9.85. The van der Waals surface area contributed by atoms with E-state index in [1.807, 2.05) is 57.5 Å². The van der Waals surface area contributed by atoms with Crippen molar-refractivity contribution in [2.24, 2.45) is 5.41 Å². The van der Waals surface area contributed by atoms with Gasteiger partial charge in [0.05, 0.1) is 22.6 Å². The van der Waals surface area contributed by atoms with Crippen molar-refractivity contribution in [2.75, 3.05) is 6.54 Å². The van der Waals surface area contributed by atoms with Crippen molar-refractivity contribution in [3.05, 3.63) is 41.0 Å². The number of nitrogens with zero attached hydrogens (tertiary/aromatic N) is 2. The third-order valence-electron chi connectivity index (χ3n) is 6.38. The van der Waals surface area contributed by atoms with Crippen LogP contribution in [0.2, 0.25) is 0 Å². The molecule has 1 saturated heterocycles. The quantitative estimate of drug-likeness (QED) is 0.476. The highest BCUT2D eigenvalue weighted by Crippen LogP contribution is 2.29. The van der Waals surface area contributed by atoms with Crippen molar-refractivity contribution < 1.29 is 28.7 Å². The molecule has 0 radical (unpaired) electrons. The molecule has 218 valence electrons. The number of amides is 3. The fourth-order valence-corrected chi connectivity index (χ4v) is 5.32. The molecule has 11 heteroatoms. The van der Waals surface area contributed by atoms with Crippen molar-refractivity contribution in [3.8, 4) is 10.4 Å². The van der Waals surface area contributed by atoms with E-state index in [9.17, 15) is 19.2 Å². The van der Waals surface area contributed by atoms with E-state index >= 15 is 0 Å².